The zero-order valence-corrected chi connectivity index (χ0v) is 9.50. The van der Waals surface area contributed by atoms with Crippen LogP contribution in [0.25, 0.3) is 0 Å². The Balaban J connectivity index is 1.86. The molecule has 1 aliphatic heterocycles. The molecule has 1 unspecified atom stereocenters. The van der Waals surface area contributed by atoms with Gasteiger partial charge in [-0.3, -0.25) is 0 Å². The Morgan fingerprint density at radius 2 is 2.47 bits per heavy atom. The summed E-state index contributed by atoms with van der Waals surface area (Å²) in [5.74, 6) is 4.53. The second-order valence-corrected chi connectivity index (χ2v) is 5.02. The van der Waals surface area contributed by atoms with Crippen molar-refractivity contribution in [1.29, 1.82) is 0 Å². The molecule has 0 aliphatic carbocycles. The zero-order valence-electron chi connectivity index (χ0n) is 8.69. The normalized spacial score (nSPS) is 21.8. The lowest BCUT2D eigenvalue weighted by molar-refractivity contribution is 0.292. The summed E-state index contributed by atoms with van der Waals surface area (Å²) in [6.45, 7) is 0.0816. The van der Waals surface area contributed by atoms with Crippen molar-refractivity contribution in [3.63, 3.8) is 0 Å². The van der Waals surface area contributed by atoms with Gasteiger partial charge in [0.2, 0.25) is 5.89 Å². The fraction of sp³-hybridized carbons (Fsp3) is 0.800. The van der Waals surface area contributed by atoms with Crippen molar-refractivity contribution in [3.05, 3.63) is 11.7 Å². The Morgan fingerprint density at radius 1 is 1.53 bits per heavy atom. The quantitative estimate of drug-likeness (QED) is 0.841. The van der Waals surface area contributed by atoms with Gasteiger partial charge in [-0.25, -0.2) is 0 Å². The van der Waals surface area contributed by atoms with E-state index in [1.54, 1.807) is 0 Å². The van der Waals surface area contributed by atoms with Crippen molar-refractivity contribution < 1.29 is 9.63 Å². The standard InChI is InChI=1S/C10H16N2O2S/c13-4-3-9-11-10(14-12-9)6-8-2-1-5-15-7-8/h8,13H,1-7H2. The van der Waals surface area contributed by atoms with E-state index in [0.717, 1.165) is 12.3 Å². The monoisotopic (exact) mass is 228 g/mol. The fourth-order valence-electron chi connectivity index (χ4n) is 1.79. The van der Waals surface area contributed by atoms with Gasteiger partial charge < -0.3 is 9.63 Å². The van der Waals surface area contributed by atoms with Crippen LogP contribution in [0.5, 0.6) is 0 Å². The van der Waals surface area contributed by atoms with E-state index in [1.807, 2.05) is 11.8 Å². The largest absolute Gasteiger partial charge is 0.396 e. The van der Waals surface area contributed by atoms with Crippen LogP contribution >= 0.6 is 11.8 Å². The Bertz CT molecular complexity index is 297. The van der Waals surface area contributed by atoms with Crippen molar-refractivity contribution in [2.24, 2.45) is 5.92 Å². The first kappa shape index (κ1) is 11.0. The highest BCUT2D eigenvalue weighted by Crippen LogP contribution is 2.25. The number of hydrogen-bond acceptors (Lipinski definition) is 5. The van der Waals surface area contributed by atoms with Crippen LogP contribution < -0.4 is 0 Å². The average Bonchev–Trinajstić information content (AvgIpc) is 2.68. The van der Waals surface area contributed by atoms with Gasteiger partial charge in [0.1, 0.15) is 0 Å². The Kier molecular flexibility index (Phi) is 4.02. The predicted octanol–water partition coefficient (Wildman–Crippen LogP) is 1.29. The zero-order chi connectivity index (χ0) is 10.5. The molecule has 2 rings (SSSR count). The summed E-state index contributed by atoms with van der Waals surface area (Å²) in [4.78, 5) is 4.25. The number of rotatable bonds is 4. The van der Waals surface area contributed by atoms with Gasteiger partial charge in [0.05, 0.1) is 6.61 Å². The molecule has 0 amide bonds. The van der Waals surface area contributed by atoms with Crippen molar-refractivity contribution in [2.45, 2.75) is 25.7 Å². The van der Waals surface area contributed by atoms with Gasteiger partial charge in [0.15, 0.2) is 5.82 Å². The van der Waals surface area contributed by atoms with E-state index >= 15 is 0 Å². The summed E-state index contributed by atoms with van der Waals surface area (Å²) >= 11 is 2.01. The molecule has 0 radical (unpaired) electrons. The van der Waals surface area contributed by atoms with Crippen LogP contribution in [0.2, 0.25) is 0 Å². The maximum atomic E-state index is 8.73. The molecular formula is C10H16N2O2S. The lowest BCUT2D eigenvalue weighted by Gasteiger charge is -2.19. The molecule has 1 saturated heterocycles. The molecule has 0 bridgehead atoms. The third-order valence-corrected chi connectivity index (χ3v) is 3.85. The van der Waals surface area contributed by atoms with Gasteiger partial charge >= 0.3 is 0 Å². The van der Waals surface area contributed by atoms with Crippen molar-refractivity contribution >= 4 is 11.8 Å². The lowest BCUT2D eigenvalue weighted by Crippen LogP contribution is -2.13. The molecule has 0 saturated carbocycles. The van der Waals surface area contributed by atoms with Crippen LogP contribution in [0, 0.1) is 5.92 Å². The summed E-state index contributed by atoms with van der Waals surface area (Å²) in [6.07, 6.45) is 3.95. The Morgan fingerprint density at radius 3 is 3.20 bits per heavy atom. The number of aliphatic hydroxyl groups excluding tert-OH is 1. The fourth-order valence-corrected chi connectivity index (χ4v) is 2.95. The number of thioether (sulfide) groups is 1. The topological polar surface area (TPSA) is 59.2 Å². The molecule has 1 aliphatic rings. The highest BCUT2D eigenvalue weighted by molar-refractivity contribution is 7.99. The second-order valence-electron chi connectivity index (χ2n) is 3.87. The van der Waals surface area contributed by atoms with Crippen molar-refractivity contribution in [2.75, 3.05) is 18.1 Å². The smallest absolute Gasteiger partial charge is 0.226 e. The molecule has 0 spiro atoms. The molecule has 1 fully saturated rings. The summed E-state index contributed by atoms with van der Waals surface area (Å²) in [5.41, 5.74) is 0. The molecule has 2 heterocycles. The minimum Gasteiger partial charge on any atom is -0.396 e. The van der Waals surface area contributed by atoms with Crippen LogP contribution in [0.15, 0.2) is 4.52 Å². The van der Waals surface area contributed by atoms with Crippen LogP contribution in [0.1, 0.15) is 24.6 Å². The number of hydrogen-bond donors (Lipinski definition) is 1. The van der Waals surface area contributed by atoms with Crippen LogP contribution in [-0.4, -0.2) is 33.4 Å². The molecule has 0 aromatic carbocycles. The lowest BCUT2D eigenvalue weighted by atomic mass is 10.0. The first-order valence-corrected chi connectivity index (χ1v) is 6.54. The summed E-state index contributed by atoms with van der Waals surface area (Å²) in [6, 6.07) is 0. The van der Waals surface area contributed by atoms with Gasteiger partial charge in [-0.15, -0.1) is 0 Å². The highest BCUT2D eigenvalue weighted by atomic mass is 32.2. The molecule has 4 nitrogen and oxygen atoms in total. The number of nitrogens with zero attached hydrogens (tertiary/aromatic N) is 2. The molecule has 1 N–H and O–H groups in total. The highest BCUT2D eigenvalue weighted by Gasteiger charge is 2.17. The molecule has 84 valence electrons. The van der Waals surface area contributed by atoms with Gasteiger partial charge in [0, 0.05) is 12.8 Å². The van der Waals surface area contributed by atoms with E-state index in [9.17, 15) is 0 Å². The predicted molar refractivity (Wildman–Crippen MR) is 58.8 cm³/mol. The van der Waals surface area contributed by atoms with Crippen LogP contribution in [0.4, 0.5) is 0 Å². The van der Waals surface area contributed by atoms with Gasteiger partial charge in [0.25, 0.3) is 0 Å². The van der Waals surface area contributed by atoms with Crippen molar-refractivity contribution in [1.82, 2.24) is 10.1 Å². The van der Waals surface area contributed by atoms with Gasteiger partial charge in [-0.1, -0.05) is 5.16 Å². The molecular weight excluding hydrogens is 212 g/mol. The summed E-state index contributed by atoms with van der Waals surface area (Å²) in [7, 11) is 0. The van der Waals surface area contributed by atoms with E-state index in [-0.39, 0.29) is 6.61 Å². The van der Waals surface area contributed by atoms with E-state index in [4.69, 9.17) is 9.63 Å². The third kappa shape index (κ3) is 3.21. The first-order valence-electron chi connectivity index (χ1n) is 5.38. The number of aromatic nitrogens is 2. The van der Waals surface area contributed by atoms with E-state index in [1.165, 1.54) is 24.3 Å². The van der Waals surface area contributed by atoms with Crippen molar-refractivity contribution in [3.8, 4) is 0 Å². The van der Waals surface area contributed by atoms with Crippen LogP contribution in [0.3, 0.4) is 0 Å². The minimum absolute atomic E-state index is 0.0816. The molecule has 5 heteroatoms. The second kappa shape index (κ2) is 5.51. The van der Waals surface area contributed by atoms with Gasteiger partial charge in [-0.05, 0) is 30.3 Å². The van der Waals surface area contributed by atoms with E-state index in [0.29, 0.717) is 18.2 Å². The molecule has 1 atom stereocenters. The maximum absolute atomic E-state index is 8.73. The minimum atomic E-state index is 0.0816. The SMILES string of the molecule is OCCc1noc(CC2CCCSC2)n1. The maximum Gasteiger partial charge on any atom is 0.226 e. The Labute approximate surface area is 93.4 Å². The van der Waals surface area contributed by atoms with E-state index in [2.05, 4.69) is 10.1 Å². The van der Waals surface area contributed by atoms with Gasteiger partial charge in [-0.2, -0.15) is 16.7 Å². The molecule has 1 aromatic heterocycles. The number of aliphatic hydroxyl groups is 1. The summed E-state index contributed by atoms with van der Waals surface area (Å²) in [5, 5.41) is 12.5. The summed E-state index contributed by atoms with van der Waals surface area (Å²) < 4.78 is 5.14. The molecule has 15 heavy (non-hydrogen) atoms. The average molecular weight is 228 g/mol. The van der Waals surface area contributed by atoms with E-state index < -0.39 is 0 Å². The third-order valence-electron chi connectivity index (χ3n) is 2.56. The Hall–Kier alpha value is -0.550. The molecule has 1 aromatic rings. The van der Waals surface area contributed by atoms with Crippen LogP contribution in [-0.2, 0) is 12.8 Å². The first-order chi connectivity index (χ1) is 7.38.